The fourth-order valence-electron chi connectivity index (χ4n) is 3.50. The van der Waals surface area contributed by atoms with Crippen LogP contribution in [-0.2, 0) is 5.41 Å². The van der Waals surface area contributed by atoms with Gasteiger partial charge in [0.1, 0.15) is 7.85 Å². The number of nitrogens with zero attached hydrogens (tertiary/aromatic N) is 1. The molecule has 16 heavy (non-hydrogen) atoms. The van der Waals surface area contributed by atoms with Crippen molar-refractivity contribution in [1.29, 1.82) is 0 Å². The van der Waals surface area contributed by atoms with E-state index in [0.717, 1.165) is 17.4 Å². The number of piperidine rings is 1. The summed E-state index contributed by atoms with van der Waals surface area (Å²) >= 11 is 0. The van der Waals surface area contributed by atoms with E-state index in [9.17, 15) is 0 Å². The molecule has 0 bridgehead atoms. The first-order valence-electron chi connectivity index (χ1n) is 6.38. The fourth-order valence-corrected chi connectivity index (χ4v) is 3.50. The molecule has 4 rings (SSSR count). The van der Waals surface area contributed by atoms with Crippen LogP contribution in [0.15, 0.2) is 24.3 Å². The van der Waals surface area contributed by atoms with Crippen molar-refractivity contribution in [2.75, 3.05) is 13.1 Å². The summed E-state index contributed by atoms with van der Waals surface area (Å²) in [5.41, 5.74) is 2.92. The van der Waals surface area contributed by atoms with Crippen LogP contribution in [0.2, 0.25) is 0 Å². The minimum Gasteiger partial charge on any atom is -0.299 e. The van der Waals surface area contributed by atoms with Gasteiger partial charge in [0, 0.05) is 24.5 Å². The zero-order valence-electron chi connectivity index (χ0n) is 9.52. The van der Waals surface area contributed by atoms with Gasteiger partial charge in [0.15, 0.2) is 0 Å². The van der Waals surface area contributed by atoms with Crippen LogP contribution in [0.25, 0.3) is 0 Å². The molecular formula is C14H16BN. The van der Waals surface area contributed by atoms with Gasteiger partial charge in [-0.15, -0.1) is 0 Å². The first-order valence-corrected chi connectivity index (χ1v) is 6.38. The van der Waals surface area contributed by atoms with E-state index in [1.807, 2.05) is 0 Å². The third-order valence-electron chi connectivity index (χ3n) is 4.72. The lowest BCUT2D eigenvalue weighted by Crippen LogP contribution is -2.28. The number of hydrogen-bond acceptors (Lipinski definition) is 1. The molecular weight excluding hydrogens is 193 g/mol. The van der Waals surface area contributed by atoms with Gasteiger partial charge in [-0.3, -0.25) is 4.90 Å². The first-order chi connectivity index (χ1) is 7.78. The van der Waals surface area contributed by atoms with Crippen LogP contribution in [0.5, 0.6) is 0 Å². The molecule has 0 spiro atoms. The Morgan fingerprint density at radius 1 is 1.19 bits per heavy atom. The molecule has 0 N–H and O–H groups in total. The Morgan fingerprint density at radius 3 is 2.62 bits per heavy atom. The highest BCUT2D eigenvalue weighted by Gasteiger charge is 2.61. The summed E-state index contributed by atoms with van der Waals surface area (Å²) in [5, 5.41) is 0. The van der Waals surface area contributed by atoms with Crippen molar-refractivity contribution in [2.24, 2.45) is 5.92 Å². The van der Waals surface area contributed by atoms with Crippen LogP contribution in [0.4, 0.5) is 0 Å². The number of fused-ring (bicyclic) bond motifs is 1. The number of rotatable bonds is 2. The monoisotopic (exact) mass is 209 g/mol. The van der Waals surface area contributed by atoms with Gasteiger partial charge < -0.3 is 0 Å². The summed E-state index contributed by atoms with van der Waals surface area (Å²) in [5.74, 6) is 0.928. The second kappa shape index (κ2) is 2.92. The molecule has 2 radical (unpaired) electrons. The summed E-state index contributed by atoms with van der Waals surface area (Å²) in [6.07, 6.45) is 4.27. The standard InChI is InChI=1S/C14H16BN/c15-12-3-1-10(2-4-12)14-7-11(14)8-16(9-14)13-5-6-13/h1-4,11,13H,5-9H2/t11-,14+/m0/s1. The van der Waals surface area contributed by atoms with Crippen molar-refractivity contribution in [1.82, 2.24) is 4.90 Å². The molecule has 80 valence electrons. The topological polar surface area (TPSA) is 3.24 Å². The minimum absolute atomic E-state index is 0.510. The molecule has 1 aromatic rings. The average Bonchev–Trinajstić information content (AvgIpc) is 3.19. The Labute approximate surface area is 98.2 Å². The first kappa shape index (κ1) is 9.29. The molecule has 0 aromatic heterocycles. The Morgan fingerprint density at radius 2 is 1.94 bits per heavy atom. The van der Waals surface area contributed by atoms with Crippen LogP contribution in [0, 0.1) is 5.92 Å². The molecule has 2 saturated carbocycles. The Kier molecular flexibility index (Phi) is 1.70. The largest absolute Gasteiger partial charge is 0.299 e. The molecule has 0 amide bonds. The van der Waals surface area contributed by atoms with Gasteiger partial charge in [-0.1, -0.05) is 29.7 Å². The second-order valence-corrected chi connectivity index (χ2v) is 5.84. The van der Waals surface area contributed by atoms with Crippen LogP contribution in [-0.4, -0.2) is 31.9 Å². The molecule has 1 heterocycles. The third kappa shape index (κ3) is 1.23. The summed E-state index contributed by atoms with van der Waals surface area (Å²) < 4.78 is 0. The predicted molar refractivity (Wildman–Crippen MR) is 66.2 cm³/mol. The third-order valence-corrected chi connectivity index (χ3v) is 4.72. The highest BCUT2D eigenvalue weighted by molar-refractivity contribution is 6.32. The Balaban J connectivity index is 1.61. The van der Waals surface area contributed by atoms with Crippen LogP contribution in [0.1, 0.15) is 24.8 Å². The van der Waals surface area contributed by atoms with Gasteiger partial charge in [0.2, 0.25) is 0 Å². The summed E-state index contributed by atoms with van der Waals surface area (Å²) in [7, 11) is 5.76. The van der Waals surface area contributed by atoms with E-state index in [4.69, 9.17) is 7.85 Å². The van der Waals surface area contributed by atoms with Crippen molar-refractivity contribution in [3.63, 3.8) is 0 Å². The molecule has 3 fully saturated rings. The van der Waals surface area contributed by atoms with Gasteiger partial charge in [-0.25, -0.2) is 0 Å². The molecule has 1 saturated heterocycles. The van der Waals surface area contributed by atoms with Crippen LogP contribution < -0.4 is 5.46 Å². The second-order valence-electron chi connectivity index (χ2n) is 5.84. The van der Waals surface area contributed by atoms with Crippen LogP contribution >= 0.6 is 0 Å². The van der Waals surface area contributed by atoms with Gasteiger partial charge in [-0.05, 0) is 30.7 Å². The van der Waals surface area contributed by atoms with E-state index in [1.54, 1.807) is 0 Å². The van der Waals surface area contributed by atoms with Gasteiger partial charge in [0.25, 0.3) is 0 Å². The van der Waals surface area contributed by atoms with Crippen molar-refractivity contribution in [3.05, 3.63) is 29.8 Å². The molecule has 1 aromatic carbocycles. The molecule has 0 unspecified atom stereocenters. The average molecular weight is 209 g/mol. The highest BCUT2D eigenvalue weighted by atomic mass is 15.2. The van der Waals surface area contributed by atoms with E-state index in [-0.39, 0.29) is 0 Å². The lowest BCUT2D eigenvalue weighted by molar-refractivity contribution is 0.288. The van der Waals surface area contributed by atoms with Gasteiger partial charge >= 0.3 is 0 Å². The lowest BCUT2D eigenvalue weighted by atomic mass is 9.89. The smallest absolute Gasteiger partial charge is 0.113 e. The molecule has 2 heteroatoms. The molecule has 1 aliphatic heterocycles. The van der Waals surface area contributed by atoms with Crippen molar-refractivity contribution in [2.45, 2.75) is 30.7 Å². The molecule has 3 aliphatic rings. The maximum absolute atomic E-state index is 5.76. The Hall–Kier alpha value is -0.755. The minimum atomic E-state index is 0.510. The van der Waals surface area contributed by atoms with Gasteiger partial charge in [-0.2, -0.15) is 0 Å². The quantitative estimate of drug-likeness (QED) is 0.662. The van der Waals surface area contributed by atoms with Crippen molar-refractivity contribution < 1.29 is 0 Å². The predicted octanol–water partition coefficient (Wildman–Crippen LogP) is 1.22. The van der Waals surface area contributed by atoms with Crippen molar-refractivity contribution in [3.8, 4) is 0 Å². The fraction of sp³-hybridized carbons (Fsp3) is 0.571. The van der Waals surface area contributed by atoms with E-state index < -0.39 is 0 Å². The summed E-state index contributed by atoms with van der Waals surface area (Å²) in [4.78, 5) is 2.71. The van der Waals surface area contributed by atoms with E-state index in [0.29, 0.717) is 5.41 Å². The molecule has 1 nitrogen and oxygen atoms in total. The van der Waals surface area contributed by atoms with E-state index in [1.165, 1.54) is 37.9 Å². The Bertz CT molecular complexity index is 423. The zero-order valence-corrected chi connectivity index (χ0v) is 9.52. The van der Waals surface area contributed by atoms with E-state index >= 15 is 0 Å². The molecule has 2 atom stereocenters. The maximum atomic E-state index is 5.76. The summed E-state index contributed by atoms with van der Waals surface area (Å²) in [6.45, 7) is 2.64. The number of likely N-dealkylation sites (tertiary alicyclic amines) is 1. The normalized spacial score (nSPS) is 37.4. The van der Waals surface area contributed by atoms with E-state index in [2.05, 4.69) is 29.2 Å². The SMILES string of the molecule is [B]c1ccc([C@]23C[C@H]2CN(C2CC2)C3)cc1. The maximum Gasteiger partial charge on any atom is 0.113 e. The lowest BCUT2D eigenvalue weighted by Gasteiger charge is -2.20. The van der Waals surface area contributed by atoms with Gasteiger partial charge in [0.05, 0.1) is 0 Å². The van der Waals surface area contributed by atoms with Crippen LogP contribution in [0.3, 0.4) is 0 Å². The van der Waals surface area contributed by atoms with Crippen molar-refractivity contribution >= 4 is 13.3 Å². The number of hydrogen-bond donors (Lipinski definition) is 0. The number of benzene rings is 1. The zero-order chi connectivity index (χ0) is 10.8. The molecule has 2 aliphatic carbocycles. The highest BCUT2D eigenvalue weighted by Crippen LogP contribution is 2.60. The summed E-state index contributed by atoms with van der Waals surface area (Å²) in [6, 6.07) is 9.52.